The van der Waals surface area contributed by atoms with E-state index in [0.29, 0.717) is 5.75 Å². The first-order chi connectivity index (χ1) is 13.8. The highest BCUT2D eigenvalue weighted by molar-refractivity contribution is 6.11. The zero-order valence-corrected chi connectivity index (χ0v) is 15.2. The second-order valence-corrected chi connectivity index (χ2v) is 6.91. The van der Waals surface area contributed by atoms with Crippen molar-refractivity contribution >= 4 is 22.4 Å². The Morgan fingerprint density at radius 2 is 1.32 bits per heavy atom. The molecule has 0 radical (unpaired) electrons. The van der Waals surface area contributed by atoms with Crippen molar-refractivity contribution in [1.29, 1.82) is 0 Å². The average molecular weight is 365 g/mol. The maximum atomic E-state index is 13.2. The van der Waals surface area contributed by atoms with Gasteiger partial charge in [-0.3, -0.25) is 9.69 Å². The molecule has 4 aromatic carbocycles. The summed E-state index contributed by atoms with van der Waals surface area (Å²) in [4.78, 5) is 15.1. The number of anilines is 1. The number of hydrogen-bond acceptors (Lipinski definition) is 2. The van der Waals surface area contributed by atoms with Crippen LogP contribution in [-0.4, -0.2) is 12.0 Å². The minimum absolute atomic E-state index is 0.0194. The second-order valence-electron chi connectivity index (χ2n) is 6.91. The highest BCUT2D eigenvalue weighted by Crippen LogP contribution is 2.43. The molecule has 1 fully saturated rings. The van der Waals surface area contributed by atoms with Crippen molar-refractivity contribution in [2.45, 2.75) is 12.1 Å². The van der Waals surface area contributed by atoms with Gasteiger partial charge in [0.1, 0.15) is 11.8 Å². The molecule has 1 aliphatic heterocycles. The molecule has 136 valence electrons. The van der Waals surface area contributed by atoms with Crippen molar-refractivity contribution in [2.24, 2.45) is 0 Å². The number of carbonyl (C=O) groups excluding carboxylic acids is 1. The first kappa shape index (κ1) is 16.6. The first-order valence-electron chi connectivity index (χ1n) is 9.40. The summed E-state index contributed by atoms with van der Waals surface area (Å²) in [6, 6.07) is 33.7. The standard InChI is InChI=1S/C25H19NO2/c27-25-24(28-20-14-5-2-6-15-20)23(19-11-3-1-4-12-19)26(25)22-17-9-13-18-10-7-8-16-21(18)22/h1-17,23-24H/t23-,24-/m1/s1. The van der Waals surface area contributed by atoms with E-state index in [1.165, 1.54) is 0 Å². The third-order valence-electron chi connectivity index (χ3n) is 5.22. The summed E-state index contributed by atoms with van der Waals surface area (Å²) in [5, 5.41) is 2.18. The number of benzene rings is 4. The van der Waals surface area contributed by atoms with Gasteiger partial charge in [0.15, 0.2) is 0 Å². The molecule has 28 heavy (non-hydrogen) atoms. The van der Waals surface area contributed by atoms with Crippen molar-refractivity contribution in [3.05, 3.63) is 109 Å². The largest absolute Gasteiger partial charge is 0.478 e. The van der Waals surface area contributed by atoms with E-state index in [9.17, 15) is 4.79 Å². The summed E-state index contributed by atoms with van der Waals surface area (Å²) in [6.45, 7) is 0. The average Bonchev–Trinajstić information content (AvgIpc) is 2.77. The van der Waals surface area contributed by atoms with Crippen molar-refractivity contribution in [3.8, 4) is 5.75 Å². The zero-order chi connectivity index (χ0) is 18.9. The normalized spacial score (nSPS) is 18.7. The third-order valence-corrected chi connectivity index (χ3v) is 5.22. The fourth-order valence-corrected chi connectivity index (χ4v) is 3.88. The fourth-order valence-electron chi connectivity index (χ4n) is 3.88. The molecule has 0 bridgehead atoms. The number of para-hydroxylation sites is 1. The number of hydrogen-bond donors (Lipinski definition) is 0. The maximum Gasteiger partial charge on any atom is 0.271 e. The van der Waals surface area contributed by atoms with Gasteiger partial charge in [-0.2, -0.15) is 0 Å². The molecule has 1 heterocycles. The molecular formula is C25H19NO2. The number of ether oxygens (including phenoxy) is 1. The summed E-state index contributed by atoms with van der Waals surface area (Å²) in [6.07, 6.45) is -0.538. The molecule has 1 saturated heterocycles. The quantitative estimate of drug-likeness (QED) is 0.455. The highest BCUT2D eigenvalue weighted by atomic mass is 16.5. The van der Waals surface area contributed by atoms with Gasteiger partial charge in [0.2, 0.25) is 6.10 Å². The number of rotatable bonds is 4. The van der Waals surface area contributed by atoms with Crippen molar-refractivity contribution in [2.75, 3.05) is 4.90 Å². The van der Waals surface area contributed by atoms with E-state index >= 15 is 0 Å². The molecule has 3 heteroatoms. The summed E-state index contributed by atoms with van der Waals surface area (Å²) in [7, 11) is 0. The van der Waals surface area contributed by atoms with E-state index in [4.69, 9.17) is 4.74 Å². The van der Waals surface area contributed by atoms with Crippen LogP contribution in [0.25, 0.3) is 10.8 Å². The Morgan fingerprint density at radius 3 is 2.11 bits per heavy atom. The molecule has 1 amide bonds. The van der Waals surface area contributed by atoms with Crippen LogP contribution in [0.1, 0.15) is 11.6 Å². The molecule has 0 aliphatic carbocycles. The van der Waals surface area contributed by atoms with Gasteiger partial charge in [0.25, 0.3) is 5.91 Å². The van der Waals surface area contributed by atoms with Gasteiger partial charge in [0.05, 0.1) is 5.69 Å². The third kappa shape index (κ3) is 2.72. The van der Waals surface area contributed by atoms with Gasteiger partial charge in [-0.1, -0.05) is 84.9 Å². The van der Waals surface area contributed by atoms with Crippen LogP contribution in [0.2, 0.25) is 0 Å². The van der Waals surface area contributed by atoms with E-state index < -0.39 is 6.10 Å². The van der Waals surface area contributed by atoms with Gasteiger partial charge in [0, 0.05) is 5.39 Å². The minimum atomic E-state index is -0.538. The summed E-state index contributed by atoms with van der Waals surface area (Å²) >= 11 is 0. The van der Waals surface area contributed by atoms with Crippen LogP contribution < -0.4 is 9.64 Å². The van der Waals surface area contributed by atoms with Crippen LogP contribution in [0.3, 0.4) is 0 Å². The Balaban J connectivity index is 1.58. The predicted octanol–water partition coefficient (Wildman–Crippen LogP) is 5.38. The molecule has 0 unspecified atom stereocenters. The Kier molecular flexibility index (Phi) is 4.06. The Labute approximate surface area is 163 Å². The van der Waals surface area contributed by atoms with Gasteiger partial charge in [-0.25, -0.2) is 0 Å². The van der Waals surface area contributed by atoms with Gasteiger partial charge in [-0.05, 0) is 29.1 Å². The monoisotopic (exact) mass is 365 g/mol. The first-order valence-corrected chi connectivity index (χ1v) is 9.40. The number of β-lactam (4-membered cyclic amide) rings is 1. The molecule has 5 rings (SSSR count). The predicted molar refractivity (Wildman–Crippen MR) is 111 cm³/mol. The fraction of sp³-hybridized carbons (Fsp3) is 0.0800. The van der Waals surface area contributed by atoms with Crippen molar-refractivity contribution < 1.29 is 9.53 Å². The van der Waals surface area contributed by atoms with Crippen LogP contribution in [0.4, 0.5) is 5.69 Å². The lowest BCUT2D eigenvalue weighted by Crippen LogP contribution is -2.61. The van der Waals surface area contributed by atoms with Gasteiger partial charge in [-0.15, -0.1) is 0 Å². The topological polar surface area (TPSA) is 29.5 Å². The SMILES string of the molecule is O=C1[C@H](Oc2ccccc2)[C@@H](c2ccccc2)N1c1cccc2ccccc12. The lowest BCUT2D eigenvalue weighted by Gasteiger charge is -2.47. The lowest BCUT2D eigenvalue weighted by atomic mass is 9.89. The lowest BCUT2D eigenvalue weighted by molar-refractivity contribution is -0.135. The van der Waals surface area contributed by atoms with Gasteiger partial charge >= 0.3 is 0 Å². The number of carbonyl (C=O) groups is 1. The summed E-state index contributed by atoms with van der Waals surface area (Å²) in [5.41, 5.74) is 1.99. The van der Waals surface area contributed by atoms with E-state index in [1.54, 1.807) is 0 Å². The molecular weight excluding hydrogens is 346 g/mol. The van der Waals surface area contributed by atoms with Crippen molar-refractivity contribution in [3.63, 3.8) is 0 Å². The Hall–Kier alpha value is -3.59. The van der Waals surface area contributed by atoms with Crippen LogP contribution in [0, 0.1) is 0 Å². The number of nitrogens with zero attached hydrogens (tertiary/aromatic N) is 1. The van der Waals surface area contributed by atoms with Crippen LogP contribution >= 0.6 is 0 Å². The summed E-state index contributed by atoms with van der Waals surface area (Å²) < 4.78 is 6.10. The minimum Gasteiger partial charge on any atom is -0.478 e. The van der Waals surface area contributed by atoms with E-state index in [-0.39, 0.29) is 11.9 Å². The van der Waals surface area contributed by atoms with Gasteiger partial charge < -0.3 is 4.74 Å². The van der Waals surface area contributed by atoms with Crippen LogP contribution in [0.15, 0.2) is 103 Å². The van der Waals surface area contributed by atoms with Crippen LogP contribution in [0.5, 0.6) is 5.75 Å². The molecule has 0 N–H and O–H groups in total. The second kappa shape index (κ2) is 6.86. The van der Waals surface area contributed by atoms with E-state index in [1.807, 2.05) is 77.7 Å². The smallest absolute Gasteiger partial charge is 0.271 e. The highest BCUT2D eigenvalue weighted by Gasteiger charge is 2.51. The molecule has 2 atom stereocenters. The molecule has 0 saturated carbocycles. The van der Waals surface area contributed by atoms with Crippen molar-refractivity contribution in [1.82, 2.24) is 0 Å². The van der Waals surface area contributed by atoms with E-state index in [2.05, 4.69) is 30.3 Å². The molecule has 0 aromatic heterocycles. The van der Waals surface area contributed by atoms with Crippen LogP contribution in [-0.2, 0) is 4.79 Å². The van der Waals surface area contributed by atoms with E-state index in [0.717, 1.165) is 22.0 Å². The Bertz CT molecular complexity index is 1120. The molecule has 1 aliphatic rings. The maximum absolute atomic E-state index is 13.2. The number of fused-ring (bicyclic) bond motifs is 1. The zero-order valence-electron chi connectivity index (χ0n) is 15.2. The summed E-state index contributed by atoms with van der Waals surface area (Å²) in [5.74, 6) is 0.688. The number of amides is 1. The molecule has 4 aromatic rings. The molecule has 0 spiro atoms. The molecule has 3 nitrogen and oxygen atoms in total. The Morgan fingerprint density at radius 1 is 0.679 bits per heavy atom.